The number of imide groups is 1. The highest BCUT2D eigenvalue weighted by molar-refractivity contribution is 7.87. The minimum Gasteiger partial charge on any atom is -0.393 e. The Bertz CT molecular complexity index is 922. The van der Waals surface area contributed by atoms with E-state index >= 15 is 0 Å². The molecular formula is C18H19F4NO6S. The molecule has 0 spiro atoms. The van der Waals surface area contributed by atoms with Gasteiger partial charge in [-0.25, -0.2) is 0 Å². The number of hydrogen-bond acceptors (Lipinski definition) is 6. The standard InChI is InChI=1S/C18H19F4NO6S/c19-17(20,11-4-7-3-10(11)12(24)5-7)18(21,22)30(27,28)29-23-15(25)13-8-1-2-9(6-8)14(13)16(23)26/h1-2,7-14,24H,3-6H2. The van der Waals surface area contributed by atoms with Crippen LogP contribution in [0.3, 0.4) is 0 Å². The molecule has 5 aliphatic rings. The molecule has 1 heterocycles. The predicted molar refractivity (Wildman–Crippen MR) is 89.8 cm³/mol. The SMILES string of the molecule is O=C1C2C3C=CC(C3)C2C(=O)N1OS(=O)(=O)C(F)(F)C(F)(F)C1CC2CC(O)C1C2. The van der Waals surface area contributed by atoms with Crippen molar-refractivity contribution in [1.82, 2.24) is 5.06 Å². The van der Waals surface area contributed by atoms with Crippen LogP contribution in [0.15, 0.2) is 12.2 Å². The summed E-state index contributed by atoms with van der Waals surface area (Å²) >= 11 is 0. The molecule has 8 atom stereocenters. The van der Waals surface area contributed by atoms with Crippen molar-refractivity contribution in [2.75, 3.05) is 0 Å². The van der Waals surface area contributed by atoms with E-state index in [1.165, 1.54) is 0 Å². The summed E-state index contributed by atoms with van der Waals surface area (Å²) in [5.74, 6) is -13.4. The fourth-order valence-corrected chi connectivity index (χ4v) is 7.13. The Morgan fingerprint density at radius 2 is 1.53 bits per heavy atom. The molecule has 3 saturated carbocycles. The van der Waals surface area contributed by atoms with E-state index in [-0.39, 0.29) is 42.1 Å². The zero-order chi connectivity index (χ0) is 21.8. The molecule has 166 valence electrons. The van der Waals surface area contributed by atoms with E-state index in [9.17, 15) is 40.7 Å². The Kier molecular flexibility index (Phi) is 4.10. The number of hydroxylamine groups is 2. The van der Waals surface area contributed by atoms with Crippen LogP contribution < -0.4 is 0 Å². The highest BCUT2D eigenvalue weighted by Crippen LogP contribution is 2.59. The van der Waals surface area contributed by atoms with Crippen molar-refractivity contribution in [3.05, 3.63) is 12.2 Å². The summed E-state index contributed by atoms with van der Waals surface area (Å²) in [6.45, 7) is 0. The number of hydrogen-bond donors (Lipinski definition) is 1. The third-order valence-electron chi connectivity index (χ3n) is 7.55. The maximum atomic E-state index is 14.7. The molecule has 1 N–H and O–H groups in total. The summed E-state index contributed by atoms with van der Waals surface area (Å²) in [5, 5.41) is 3.83. The van der Waals surface area contributed by atoms with Crippen LogP contribution in [0.25, 0.3) is 0 Å². The van der Waals surface area contributed by atoms with Crippen LogP contribution in [0.4, 0.5) is 17.6 Å². The molecule has 0 aromatic carbocycles. The van der Waals surface area contributed by atoms with Crippen molar-refractivity contribution in [3.8, 4) is 0 Å². The Morgan fingerprint density at radius 1 is 0.967 bits per heavy atom. The summed E-state index contributed by atoms with van der Waals surface area (Å²) < 4.78 is 87.3. The van der Waals surface area contributed by atoms with Crippen molar-refractivity contribution in [2.45, 2.75) is 43.0 Å². The molecule has 7 nitrogen and oxygen atoms in total. The number of amides is 2. The van der Waals surface area contributed by atoms with Crippen LogP contribution in [-0.2, 0) is 24.0 Å². The van der Waals surface area contributed by atoms with Crippen LogP contribution >= 0.6 is 0 Å². The van der Waals surface area contributed by atoms with Gasteiger partial charge >= 0.3 is 21.3 Å². The molecule has 12 heteroatoms. The minimum atomic E-state index is -6.39. The minimum absolute atomic E-state index is 0.112. The molecule has 1 saturated heterocycles. The molecule has 30 heavy (non-hydrogen) atoms. The van der Waals surface area contributed by atoms with Crippen molar-refractivity contribution < 1.29 is 45.0 Å². The van der Waals surface area contributed by atoms with Gasteiger partial charge in [-0.05, 0) is 49.4 Å². The normalized spacial score (nSPS) is 42.6. The second kappa shape index (κ2) is 6.04. The lowest BCUT2D eigenvalue weighted by Gasteiger charge is -2.36. The molecule has 5 rings (SSSR count). The number of nitrogens with zero attached hydrogens (tertiary/aromatic N) is 1. The molecule has 1 aliphatic heterocycles. The quantitative estimate of drug-likeness (QED) is 0.386. The third-order valence-corrected chi connectivity index (χ3v) is 8.79. The maximum absolute atomic E-state index is 14.7. The summed E-state index contributed by atoms with van der Waals surface area (Å²) in [7, 11) is -6.39. The first kappa shape index (κ1) is 20.4. The Hall–Kier alpha value is -1.53. The first-order valence-corrected chi connectivity index (χ1v) is 11.2. The smallest absolute Gasteiger partial charge is 0.393 e. The Balaban J connectivity index is 1.39. The van der Waals surface area contributed by atoms with Gasteiger partial charge < -0.3 is 5.11 Å². The topological polar surface area (TPSA) is 101 Å². The molecule has 4 bridgehead atoms. The van der Waals surface area contributed by atoms with E-state index in [1.807, 2.05) is 0 Å². The van der Waals surface area contributed by atoms with E-state index in [0.717, 1.165) is 0 Å². The fourth-order valence-electron chi connectivity index (χ4n) is 6.21. The molecule has 2 amide bonds. The first-order chi connectivity index (χ1) is 13.9. The zero-order valence-electron chi connectivity index (χ0n) is 15.5. The third kappa shape index (κ3) is 2.41. The van der Waals surface area contributed by atoms with Gasteiger partial charge in [0, 0.05) is 5.92 Å². The summed E-state index contributed by atoms with van der Waals surface area (Å²) in [6.07, 6.45) is 2.66. The van der Waals surface area contributed by atoms with Gasteiger partial charge in [0.25, 0.3) is 11.8 Å². The highest BCUT2D eigenvalue weighted by atomic mass is 32.2. The summed E-state index contributed by atoms with van der Waals surface area (Å²) in [4.78, 5) is 24.9. The van der Waals surface area contributed by atoms with Crippen LogP contribution in [0.5, 0.6) is 0 Å². The number of carbonyl (C=O) groups excluding carboxylic acids is 2. The van der Waals surface area contributed by atoms with E-state index in [1.54, 1.807) is 12.2 Å². The van der Waals surface area contributed by atoms with Gasteiger partial charge in [0.1, 0.15) is 0 Å². The molecule has 4 aliphatic carbocycles. The largest absolute Gasteiger partial charge is 0.433 e. The highest BCUT2D eigenvalue weighted by Gasteiger charge is 2.74. The zero-order valence-corrected chi connectivity index (χ0v) is 16.3. The summed E-state index contributed by atoms with van der Waals surface area (Å²) in [5.41, 5.74) is 0. The second-order valence-corrected chi connectivity index (χ2v) is 10.6. The van der Waals surface area contributed by atoms with E-state index in [4.69, 9.17) is 0 Å². The molecule has 0 aromatic heterocycles. The molecule has 0 radical (unpaired) electrons. The number of halogens is 4. The molecule has 0 aromatic rings. The summed E-state index contributed by atoms with van der Waals surface area (Å²) in [6, 6.07) is 0. The van der Waals surface area contributed by atoms with Gasteiger partial charge in [0.05, 0.1) is 17.9 Å². The van der Waals surface area contributed by atoms with Crippen LogP contribution in [0.1, 0.15) is 25.7 Å². The molecular weight excluding hydrogens is 434 g/mol. The number of alkyl halides is 4. The maximum Gasteiger partial charge on any atom is 0.433 e. The van der Waals surface area contributed by atoms with Crippen molar-refractivity contribution >= 4 is 21.9 Å². The number of carbonyl (C=O) groups is 2. The number of allylic oxidation sites excluding steroid dienone is 2. The Morgan fingerprint density at radius 3 is 2.03 bits per heavy atom. The predicted octanol–water partition coefficient (Wildman–Crippen LogP) is 1.69. The Labute approximate surface area is 169 Å². The lowest BCUT2D eigenvalue weighted by molar-refractivity contribution is -0.214. The average Bonchev–Trinajstić information content (AvgIpc) is 3.45. The second-order valence-electron chi connectivity index (χ2n) is 9.05. The van der Waals surface area contributed by atoms with Gasteiger partial charge in [-0.3, -0.25) is 9.59 Å². The van der Waals surface area contributed by atoms with Crippen molar-refractivity contribution in [3.63, 3.8) is 0 Å². The van der Waals surface area contributed by atoms with Gasteiger partial charge in [0.15, 0.2) is 0 Å². The van der Waals surface area contributed by atoms with Crippen molar-refractivity contribution in [2.24, 2.45) is 41.4 Å². The number of aliphatic hydroxyl groups is 1. The first-order valence-electron chi connectivity index (χ1n) is 9.80. The van der Waals surface area contributed by atoms with Gasteiger partial charge in [-0.2, -0.15) is 26.0 Å². The van der Waals surface area contributed by atoms with Gasteiger partial charge in [0.2, 0.25) is 0 Å². The van der Waals surface area contributed by atoms with E-state index in [0.29, 0.717) is 6.42 Å². The van der Waals surface area contributed by atoms with E-state index < -0.39 is 62.9 Å². The van der Waals surface area contributed by atoms with Crippen LogP contribution in [-0.4, -0.2) is 47.7 Å². The lowest BCUT2D eigenvalue weighted by Crippen LogP contribution is -2.56. The number of rotatable bonds is 5. The number of fused-ring (bicyclic) bond motifs is 7. The van der Waals surface area contributed by atoms with Gasteiger partial charge in [-0.1, -0.05) is 12.2 Å². The lowest BCUT2D eigenvalue weighted by atomic mass is 9.82. The average molecular weight is 453 g/mol. The van der Waals surface area contributed by atoms with Gasteiger partial charge in [-0.15, -0.1) is 9.35 Å². The van der Waals surface area contributed by atoms with Crippen LogP contribution in [0.2, 0.25) is 0 Å². The molecule has 4 fully saturated rings. The fraction of sp³-hybridized carbons (Fsp3) is 0.778. The number of aliphatic hydroxyl groups excluding tert-OH is 1. The van der Waals surface area contributed by atoms with E-state index in [2.05, 4.69) is 4.28 Å². The molecule has 8 unspecified atom stereocenters. The monoisotopic (exact) mass is 453 g/mol. The van der Waals surface area contributed by atoms with Crippen LogP contribution in [0, 0.1) is 41.4 Å². The van der Waals surface area contributed by atoms with Crippen molar-refractivity contribution in [1.29, 1.82) is 0 Å².